The zero-order valence-corrected chi connectivity index (χ0v) is 17.6. The second kappa shape index (κ2) is 10.6. The summed E-state index contributed by atoms with van der Waals surface area (Å²) in [6, 6.07) is 8.07. The van der Waals surface area contributed by atoms with Gasteiger partial charge >= 0.3 is 11.9 Å². The fourth-order valence-electron chi connectivity index (χ4n) is 3.64. The molecule has 0 atom stereocenters. The van der Waals surface area contributed by atoms with Crippen LogP contribution in [0.2, 0.25) is 0 Å². The molecule has 0 unspecified atom stereocenters. The second-order valence-corrected chi connectivity index (χ2v) is 7.17. The third kappa shape index (κ3) is 5.37. The SMILES string of the molecule is CCCCCCc1c(C(=O)OC(=O)c2cccc(N)c2O)ccc(CC)c1CC. The molecule has 0 radical (unpaired) electrons. The summed E-state index contributed by atoms with van der Waals surface area (Å²) < 4.78 is 5.11. The molecule has 29 heavy (non-hydrogen) atoms. The molecule has 5 heteroatoms. The first-order chi connectivity index (χ1) is 13.9. The number of unbranched alkanes of at least 4 members (excludes halogenated alkanes) is 3. The Bertz CT molecular complexity index is 873. The van der Waals surface area contributed by atoms with Gasteiger partial charge in [0.2, 0.25) is 0 Å². The molecule has 0 aliphatic rings. The zero-order chi connectivity index (χ0) is 21.4. The van der Waals surface area contributed by atoms with Crippen molar-refractivity contribution in [3.63, 3.8) is 0 Å². The summed E-state index contributed by atoms with van der Waals surface area (Å²) in [6.07, 6.45) is 6.86. The number of hydrogen-bond donors (Lipinski definition) is 2. The molecule has 5 nitrogen and oxygen atoms in total. The van der Waals surface area contributed by atoms with Crippen molar-refractivity contribution in [2.75, 3.05) is 5.73 Å². The van der Waals surface area contributed by atoms with E-state index < -0.39 is 11.9 Å². The molecule has 0 amide bonds. The summed E-state index contributed by atoms with van der Waals surface area (Å²) in [4.78, 5) is 25.3. The van der Waals surface area contributed by atoms with E-state index in [4.69, 9.17) is 10.5 Å². The Labute approximate surface area is 172 Å². The lowest BCUT2D eigenvalue weighted by Crippen LogP contribution is -2.16. The van der Waals surface area contributed by atoms with E-state index in [-0.39, 0.29) is 17.0 Å². The van der Waals surface area contributed by atoms with Gasteiger partial charge in [-0.25, -0.2) is 9.59 Å². The fourth-order valence-corrected chi connectivity index (χ4v) is 3.64. The molecule has 0 fully saturated rings. The Morgan fingerprint density at radius 3 is 2.28 bits per heavy atom. The van der Waals surface area contributed by atoms with Gasteiger partial charge in [0.1, 0.15) is 5.56 Å². The summed E-state index contributed by atoms with van der Waals surface area (Å²) in [6.45, 7) is 6.34. The number of aryl methyl sites for hydroxylation is 1. The van der Waals surface area contributed by atoms with Crippen LogP contribution in [0.15, 0.2) is 30.3 Å². The molecule has 3 N–H and O–H groups in total. The molecule has 0 aromatic heterocycles. The second-order valence-electron chi connectivity index (χ2n) is 7.17. The number of para-hydroxylation sites is 1. The first-order valence-electron chi connectivity index (χ1n) is 10.4. The minimum Gasteiger partial charge on any atom is -0.505 e. The maximum Gasteiger partial charge on any atom is 0.349 e. The molecular formula is C24H31NO4. The number of hydrogen-bond acceptors (Lipinski definition) is 5. The van der Waals surface area contributed by atoms with Crippen molar-refractivity contribution in [2.24, 2.45) is 0 Å². The number of benzene rings is 2. The number of esters is 2. The number of rotatable bonds is 9. The van der Waals surface area contributed by atoms with Crippen LogP contribution in [-0.4, -0.2) is 17.0 Å². The van der Waals surface area contributed by atoms with E-state index in [0.29, 0.717) is 5.56 Å². The first kappa shape index (κ1) is 22.5. The largest absolute Gasteiger partial charge is 0.505 e. The summed E-state index contributed by atoms with van der Waals surface area (Å²) in [5.41, 5.74) is 9.34. The van der Waals surface area contributed by atoms with Crippen LogP contribution in [0, 0.1) is 0 Å². The average molecular weight is 398 g/mol. The van der Waals surface area contributed by atoms with Gasteiger partial charge in [-0.1, -0.05) is 52.2 Å². The van der Waals surface area contributed by atoms with Crippen molar-refractivity contribution in [2.45, 2.75) is 65.7 Å². The van der Waals surface area contributed by atoms with Crippen molar-refractivity contribution in [3.05, 3.63) is 58.1 Å². The van der Waals surface area contributed by atoms with Gasteiger partial charge < -0.3 is 15.6 Å². The quantitative estimate of drug-likeness (QED) is 0.199. The smallest absolute Gasteiger partial charge is 0.349 e. The first-order valence-corrected chi connectivity index (χ1v) is 10.4. The van der Waals surface area contributed by atoms with Gasteiger partial charge in [0.25, 0.3) is 0 Å². The van der Waals surface area contributed by atoms with Crippen molar-refractivity contribution in [3.8, 4) is 5.75 Å². The highest BCUT2D eigenvalue weighted by Gasteiger charge is 2.23. The van der Waals surface area contributed by atoms with Crippen LogP contribution >= 0.6 is 0 Å². The Balaban J connectivity index is 2.32. The maximum absolute atomic E-state index is 12.8. The molecule has 0 heterocycles. The van der Waals surface area contributed by atoms with Crippen LogP contribution in [0.25, 0.3) is 0 Å². The molecule has 0 bridgehead atoms. The van der Waals surface area contributed by atoms with Crippen molar-refractivity contribution < 1.29 is 19.4 Å². The van der Waals surface area contributed by atoms with Crippen LogP contribution in [0.4, 0.5) is 5.69 Å². The Kier molecular flexibility index (Phi) is 8.25. The van der Waals surface area contributed by atoms with Crippen LogP contribution in [0.1, 0.15) is 83.9 Å². The van der Waals surface area contributed by atoms with E-state index in [1.54, 1.807) is 6.07 Å². The van der Waals surface area contributed by atoms with E-state index in [1.165, 1.54) is 23.8 Å². The monoisotopic (exact) mass is 397 g/mol. The van der Waals surface area contributed by atoms with E-state index in [1.807, 2.05) is 6.07 Å². The number of carbonyl (C=O) groups excluding carboxylic acids is 2. The number of nitrogen functional groups attached to an aromatic ring is 1. The Morgan fingerprint density at radius 2 is 1.62 bits per heavy atom. The lowest BCUT2D eigenvalue weighted by Gasteiger charge is -2.17. The lowest BCUT2D eigenvalue weighted by atomic mass is 9.89. The third-order valence-electron chi connectivity index (χ3n) is 5.24. The Morgan fingerprint density at radius 1 is 0.897 bits per heavy atom. The molecule has 0 saturated carbocycles. The number of anilines is 1. The van der Waals surface area contributed by atoms with Gasteiger partial charge in [0, 0.05) is 0 Å². The molecule has 0 aliphatic heterocycles. The summed E-state index contributed by atoms with van der Waals surface area (Å²) in [5, 5.41) is 9.99. The number of ether oxygens (including phenoxy) is 1. The summed E-state index contributed by atoms with van der Waals surface area (Å²) in [5.74, 6) is -1.98. The van der Waals surface area contributed by atoms with Gasteiger partial charge in [-0.05, 0) is 60.6 Å². The molecule has 2 aromatic rings. The van der Waals surface area contributed by atoms with Crippen LogP contribution < -0.4 is 5.73 Å². The molecule has 2 aromatic carbocycles. The van der Waals surface area contributed by atoms with Crippen LogP contribution in [-0.2, 0) is 24.0 Å². The van der Waals surface area contributed by atoms with Crippen LogP contribution in [0.3, 0.4) is 0 Å². The lowest BCUT2D eigenvalue weighted by molar-refractivity contribution is 0.0395. The molecule has 0 saturated heterocycles. The molecule has 156 valence electrons. The number of phenols is 1. The fraction of sp³-hybridized carbons (Fsp3) is 0.417. The zero-order valence-electron chi connectivity index (χ0n) is 17.6. The highest BCUT2D eigenvalue weighted by Crippen LogP contribution is 2.27. The number of phenolic OH excluding ortho intramolecular Hbond substituents is 1. The predicted molar refractivity (Wildman–Crippen MR) is 115 cm³/mol. The highest BCUT2D eigenvalue weighted by molar-refractivity contribution is 6.05. The van der Waals surface area contributed by atoms with E-state index in [2.05, 4.69) is 20.8 Å². The number of carbonyl (C=O) groups is 2. The maximum atomic E-state index is 12.8. The summed E-state index contributed by atoms with van der Waals surface area (Å²) in [7, 11) is 0. The van der Waals surface area contributed by atoms with Gasteiger partial charge in [-0.2, -0.15) is 0 Å². The third-order valence-corrected chi connectivity index (χ3v) is 5.24. The van der Waals surface area contributed by atoms with Gasteiger partial charge in [0.15, 0.2) is 5.75 Å². The van der Waals surface area contributed by atoms with Crippen molar-refractivity contribution in [1.82, 2.24) is 0 Å². The van der Waals surface area contributed by atoms with E-state index in [9.17, 15) is 14.7 Å². The van der Waals surface area contributed by atoms with Gasteiger partial charge in [-0.15, -0.1) is 0 Å². The molecule has 2 rings (SSSR count). The topological polar surface area (TPSA) is 89.6 Å². The van der Waals surface area contributed by atoms with E-state index >= 15 is 0 Å². The predicted octanol–water partition coefficient (Wildman–Crippen LogP) is 5.22. The van der Waals surface area contributed by atoms with Crippen molar-refractivity contribution in [1.29, 1.82) is 0 Å². The molecule has 0 spiro atoms. The van der Waals surface area contributed by atoms with Gasteiger partial charge in [0.05, 0.1) is 11.3 Å². The standard InChI is InChI=1S/C24H31NO4/c1-4-7-8-9-11-18-17(6-3)16(5-2)14-15-19(18)23(27)29-24(28)20-12-10-13-21(25)22(20)26/h10,12-15,26H,4-9,11,25H2,1-3H3. The van der Waals surface area contributed by atoms with Gasteiger partial charge in [-0.3, -0.25) is 0 Å². The minimum absolute atomic E-state index is 0.0593. The number of aromatic hydroxyl groups is 1. The van der Waals surface area contributed by atoms with Crippen LogP contribution in [0.5, 0.6) is 5.75 Å². The summed E-state index contributed by atoms with van der Waals surface area (Å²) >= 11 is 0. The molecular weight excluding hydrogens is 366 g/mol. The normalized spacial score (nSPS) is 10.7. The Hall–Kier alpha value is -2.82. The minimum atomic E-state index is -0.908. The van der Waals surface area contributed by atoms with E-state index in [0.717, 1.165) is 56.1 Å². The average Bonchev–Trinajstić information content (AvgIpc) is 2.72. The highest BCUT2D eigenvalue weighted by atomic mass is 16.6. The van der Waals surface area contributed by atoms with Crippen molar-refractivity contribution >= 4 is 17.6 Å². The molecule has 0 aliphatic carbocycles. The number of nitrogens with two attached hydrogens (primary N) is 1.